The quantitative estimate of drug-likeness (QED) is 0.626. The molecule has 0 amide bonds. The van der Waals surface area contributed by atoms with Crippen molar-refractivity contribution in [2.45, 2.75) is 11.8 Å². The maximum atomic E-state index is 5.87. The number of ether oxygens (including phenoxy) is 1. The van der Waals surface area contributed by atoms with E-state index in [0.717, 1.165) is 20.7 Å². The van der Waals surface area contributed by atoms with Gasteiger partial charge < -0.3 is 10.5 Å². The average molecular weight is 369 g/mol. The molecule has 0 atom stereocenters. The number of hydrogen-bond donors (Lipinski definition) is 1. The SMILES string of the molecule is CCSc1cccc(Oc2cncc(Br)c2)c1C(N)=S. The Balaban J connectivity index is 2.40. The number of thiocarbonyl (C=S) groups is 1. The van der Waals surface area contributed by atoms with Crippen LogP contribution in [-0.4, -0.2) is 15.7 Å². The first-order valence-corrected chi connectivity index (χ1v) is 8.14. The molecule has 20 heavy (non-hydrogen) atoms. The number of rotatable bonds is 5. The van der Waals surface area contributed by atoms with Crippen molar-refractivity contribution >= 4 is 44.9 Å². The van der Waals surface area contributed by atoms with Crippen LogP contribution in [-0.2, 0) is 0 Å². The van der Waals surface area contributed by atoms with E-state index in [1.54, 1.807) is 24.2 Å². The molecular weight excluding hydrogens is 356 g/mol. The number of benzene rings is 1. The van der Waals surface area contributed by atoms with Gasteiger partial charge in [-0.1, -0.05) is 25.2 Å². The summed E-state index contributed by atoms with van der Waals surface area (Å²) in [4.78, 5) is 5.43. The summed E-state index contributed by atoms with van der Waals surface area (Å²) >= 11 is 10.2. The molecule has 0 aliphatic rings. The standard InChI is InChI=1S/C14H13BrN2OS2/c1-2-20-12-5-3-4-11(13(12)14(16)19)18-10-6-9(15)7-17-8-10/h3-8H,2H2,1H3,(H2,16,19). The minimum Gasteiger partial charge on any atom is -0.455 e. The minimum absolute atomic E-state index is 0.333. The Kier molecular flexibility index (Phi) is 5.39. The molecule has 1 aromatic heterocycles. The third kappa shape index (κ3) is 3.71. The fraction of sp³-hybridized carbons (Fsp3) is 0.143. The van der Waals surface area contributed by atoms with E-state index in [2.05, 4.69) is 27.8 Å². The predicted octanol–water partition coefficient (Wildman–Crippen LogP) is 4.38. The molecule has 1 heterocycles. The molecular formula is C14H13BrN2OS2. The van der Waals surface area contributed by atoms with Crippen LogP contribution in [0.3, 0.4) is 0 Å². The van der Waals surface area contributed by atoms with E-state index in [9.17, 15) is 0 Å². The molecule has 2 aromatic rings. The number of thioether (sulfide) groups is 1. The summed E-state index contributed by atoms with van der Waals surface area (Å²) in [6.45, 7) is 2.08. The molecule has 2 rings (SSSR count). The molecule has 0 unspecified atom stereocenters. The highest BCUT2D eigenvalue weighted by atomic mass is 79.9. The Hall–Kier alpha value is -1.11. The van der Waals surface area contributed by atoms with Crippen molar-refractivity contribution in [2.24, 2.45) is 5.73 Å². The third-order valence-electron chi connectivity index (χ3n) is 2.44. The van der Waals surface area contributed by atoms with E-state index >= 15 is 0 Å². The van der Waals surface area contributed by atoms with Crippen LogP contribution in [0, 0.1) is 0 Å². The largest absolute Gasteiger partial charge is 0.455 e. The maximum absolute atomic E-state index is 5.87. The van der Waals surface area contributed by atoms with Gasteiger partial charge in [-0.2, -0.15) is 0 Å². The summed E-state index contributed by atoms with van der Waals surface area (Å²) in [5.74, 6) is 2.23. The van der Waals surface area contributed by atoms with E-state index in [-0.39, 0.29) is 0 Å². The van der Waals surface area contributed by atoms with E-state index < -0.39 is 0 Å². The van der Waals surface area contributed by atoms with E-state index in [1.807, 2.05) is 24.3 Å². The number of nitrogens with zero attached hydrogens (tertiary/aromatic N) is 1. The Morgan fingerprint density at radius 3 is 2.90 bits per heavy atom. The zero-order valence-electron chi connectivity index (χ0n) is 10.8. The van der Waals surface area contributed by atoms with Crippen LogP contribution < -0.4 is 10.5 Å². The lowest BCUT2D eigenvalue weighted by atomic mass is 10.2. The van der Waals surface area contributed by atoms with Gasteiger partial charge in [0.25, 0.3) is 0 Å². The highest BCUT2D eigenvalue weighted by Gasteiger charge is 2.13. The molecule has 2 N–H and O–H groups in total. The van der Waals surface area contributed by atoms with Crippen LogP contribution >= 0.6 is 39.9 Å². The first-order valence-electron chi connectivity index (χ1n) is 5.96. The summed E-state index contributed by atoms with van der Waals surface area (Å²) in [5, 5.41) is 0. The van der Waals surface area contributed by atoms with Crippen LogP contribution in [0.1, 0.15) is 12.5 Å². The summed E-state index contributed by atoms with van der Waals surface area (Å²) in [6.07, 6.45) is 3.35. The van der Waals surface area contributed by atoms with Crippen LogP contribution in [0.15, 0.2) is 46.0 Å². The zero-order valence-corrected chi connectivity index (χ0v) is 14.0. The van der Waals surface area contributed by atoms with E-state index in [1.165, 1.54) is 0 Å². The smallest absolute Gasteiger partial charge is 0.146 e. The van der Waals surface area contributed by atoms with Crippen LogP contribution in [0.4, 0.5) is 0 Å². The van der Waals surface area contributed by atoms with Gasteiger partial charge in [-0.25, -0.2) is 0 Å². The number of nitrogens with two attached hydrogens (primary N) is 1. The molecule has 3 nitrogen and oxygen atoms in total. The van der Waals surface area contributed by atoms with Gasteiger partial charge in [0.05, 0.1) is 11.8 Å². The van der Waals surface area contributed by atoms with E-state index in [4.69, 9.17) is 22.7 Å². The Bertz CT molecular complexity index is 634. The van der Waals surface area contributed by atoms with Crippen LogP contribution in [0.5, 0.6) is 11.5 Å². The van der Waals surface area contributed by atoms with Gasteiger partial charge >= 0.3 is 0 Å². The van der Waals surface area contributed by atoms with Crippen LogP contribution in [0.2, 0.25) is 0 Å². The van der Waals surface area contributed by atoms with Crippen molar-refractivity contribution in [2.75, 3.05) is 5.75 Å². The van der Waals surface area contributed by atoms with Crippen molar-refractivity contribution in [1.82, 2.24) is 4.98 Å². The second-order valence-electron chi connectivity index (χ2n) is 3.87. The number of pyridine rings is 1. The van der Waals surface area contributed by atoms with Gasteiger partial charge in [-0.3, -0.25) is 4.98 Å². The normalized spacial score (nSPS) is 10.3. The van der Waals surface area contributed by atoms with Crippen molar-refractivity contribution in [1.29, 1.82) is 0 Å². The van der Waals surface area contributed by atoms with Crippen molar-refractivity contribution in [3.63, 3.8) is 0 Å². The monoisotopic (exact) mass is 368 g/mol. The fourth-order valence-electron chi connectivity index (χ4n) is 1.69. The molecule has 0 saturated carbocycles. The first kappa shape index (κ1) is 15.3. The Labute approximate surface area is 136 Å². The lowest BCUT2D eigenvalue weighted by molar-refractivity contribution is 0.477. The third-order valence-corrected chi connectivity index (χ3v) is 4.02. The number of aromatic nitrogens is 1. The van der Waals surface area contributed by atoms with E-state index in [0.29, 0.717) is 16.5 Å². The fourth-order valence-corrected chi connectivity index (χ4v) is 3.15. The molecule has 0 spiro atoms. The number of halogens is 1. The molecule has 1 aromatic carbocycles. The molecule has 0 radical (unpaired) electrons. The second-order valence-corrected chi connectivity index (χ2v) is 6.53. The van der Waals surface area contributed by atoms with Gasteiger partial charge in [0.2, 0.25) is 0 Å². The maximum Gasteiger partial charge on any atom is 0.146 e. The molecule has 0 saturated heterocycles. The van der Waals surface area contributed by atoms with Crippen LogP contribution in [0.25, 0.3) is 0 Å². The van der Waals surface area contributed by atoms with Crippen molar-refractivity contribution in [3.05, 3.63) is 46.7 Å². The summed E-state index contributed by atoms with van der Waals surface area (Å²) in [5.41, 5.74) is 6.61. The zero-order chi connectivity index (χ0) is 14.5. The number of hydrogen-bond acceptors (Lipinski definition) is 4. The van der Waals surface area contributed by atoms with Gasteiger partial charge in [0.1, 0.15) is 16.5 Å². The highest BCUT2D eigenvalue weighted by Crippen LogP contribution is 2.33. The average Bonchev–Trinajstić information content (AvgIpc) is 2.39. The minimum atomic E-state index is 0.333. The van der Waals surface area contributed by atoms with Gasteiger partial charge in [-0.15, -0.1) is 11.8 Å². The highest BCUT2D eigenvalue weighted by molar-refractivity contribution is 9.10. The first-order chi connectivity index (χ1) is 9.61. The summed E-state index contributed by atoms with van der Waals surface area (Å²) in [6, 6.07) is 7.63. The summed E-state index contributed by atoms with van der Waals surface area (Å²) < 4.78 is 6.72. The lowest BCUT2D eigenvalue weighted by Gasteiger charge is -2.13. The molecule has 0 fully saturated rings. The van der Waals surface area contributed by atoms with Gasteiger partial charge in [0.15, 0.2) is 0 Å². The second kappa shape index (κ2) is 7.06. The Morgan fingerprint density at radius 1 is 1.45 bits per heavy atom. The van der Waals surface area contributed by atoms with Crippen molar-refractivity contribution in [3.8, 4) is 11.5 Å². The molecule has 104 valence electrons. The summed E-state index contributed by atoms with van der Waals surface area (Å²) in [7, 11) is 0. The Morgan fingerprint density at radius 2 is 2.25 bits per heavy atom. The predicted molar refractivity (Wildman–Crippen MR) is 90.7 cm³/mol. The molecule has 0 bridgehead atoms. The van der Waals surface area contributed by atoms with Gasteiger partial charge in [0, 0.05) is 15.6 Å². The van der Waals surface area contributed by atoms with Gasteiger partial charge in [-0.05, 0) is 39.9 Å². The molecule has 0 aliphatic carbocycles. The van der Waals surface area contributed by atoms with Crippen molar-refractivity contribution < 1.29 is 4.74 Å². The lowest BCUT2D eigenvalue weighted by Crippen LogP contribution is -2.12. The molecule has 0 aliphatic heterocycles. The topological polar surface area (TPSA) is 48.1 Å². The molecule has 6 heteroatoms.